The molecule has 2 N–H and O–H groups in total. The molecule has 0 radical (unpaired) electrons. The molecule has 2 aromatic carbocycles. The molecule has 0 saturated carbocycles. The van der Waals surface area contributed by atoms with E-state index >= 15 is 0 Å². The monoisotopic (exact) mass is 412 g/mol. The fourth-order valence-electron chi connectivity index (χ4n) is 3.62. The maximum atomic E-state index is 12.9. The van der Waals surface area contributed by atoms with Gasteiger partial charge < -0.3 is 15.4 Å². The minimum absolute atomic E-state index is 0. The number of carbonyl (C=O) groups excluding carboxylic acids is 1. The minimum atomic E-state index is -3.53. The first-order valence-electron chi connectivity index (χ1n) is 8.62. The van der Waals surface area contributed by atoms with Crippen LogP contribution in [0, 0.1) is 0 Å². The van der Waals surface area contributed by atoms with E-state index < -0.39 is 20.5 Å². The molecule has 0 unspecified atom stereocenters. The Bertz CT molecular complexity index is 924. The van der Waals surface area contributed by atoms with Gasteiger partial charge in [0.1, 0.15) is 5.75 Å². The summed E-state index contributed by atoms with van der Waals surface area (Å²) in [6.45, 7) is 1.24. The normalized spacial score (nSPS) is 16.4. The molecule has 0 aliphatic carbocycles. The van der Waals surface area contributed by atoms with Crippen LogP contribution in [0.3, 0.4) is 0 Å². The van der Waals surface area contributed by atoms with Crippen LogP contribution in [0.2, 0.25) is 0 Å². The Morgan fingerprint density at radius 1 is 1.19 bits per heavy atom. The van der Waals surface area contributed by atoms with E-state index in [2.05, 4.69) is 10.6 Å². The summed E-state index contributed by atoms with van der Waals surface area (Å²) in [7, 11) is -1.95. The first kappa shape index (κ1) is 21.5. The molecule has 8 heteroatoms. The fourth-order valence-corrected chi connectivity index (χ4v) is 4.97. The van der Waals surface area contributed by atoms with Crippen LogP contribution in [0.1, 0.15) is 18.4 Å². The van der Waals surface area contributed by atoms with Crippen LogP contribution < -0.4 is 15.4 Å². The molecule has 1 fully saturated rings. The van der Waals surface area contributed by atoms with Crippen molar-refractivity contribution in [1.82, 2.24) is 10.6 Å². The maximum absolute atomic E-state index is 12.9. The zero-order valence-corrected chi connectivity index (χ0v) is 17.1. The largest absolute Gasteiger partial charge is 0.496 e. The van der Waals surface area contributed by atoms with Crippen molar-refractivity contribution in [2.75, 3.05) is 26.5 Å². The first-order valence-corrected chi connectivity index (χ1v) is 10.5. The Balaban J connectivity index is 0.00000261. The molecule has 1 aliphatic rings. The van der Waals surface area contributed by atoms with Crippen LogP contribution in [0.5, 0.6) is 5.75 Å². The van der Waals surface area contributed by atoms with Gasteiger partial charge in [0.15, 0.2) is 14.6 Å². The van der Waals surface area contributed by atoms with Crippen molar-refractivity contribution < 1.29 is 17.9 Å². The number of amides is 1. The molecule has 0 aromatic heterocycles. The van der Waals surface area contributed by atoms with Gasteiger partial charge in [0.2, 0.25) is 5.91 Å². The summed E-state index contributed by atoms with van der Waals surface area (Å²) in [5, 5.41) is 7.99. The number of benzene rings is 2. The predicted octanol–water partition coefficient (Wildman–Crippen LogP) is 2.05. The van der Waals surface area contributed by atoms with E-state index in [1.165, 1.54) is 0 Å². The number of sulfone groups is 1. The lowest BCUT2D eigenvalue weighted by Crippen LogP contribution is -2.57. The van der Waals surface area contributed by atoms with Crippen LogP contribution in [0.25, 0.3) is 10.8 Å². The van der Waals surface area contributed by atoms with Gasteiger partial charge in [-0.1, -0.05) is 30.3 Å². The topological polar surface area (TPSA) is 84.5 Å². The minimum Gasteiger partial charge on any atom is -0.496 e. The van der Waals surface area contributed by atoms with Crippen molar-refractivity contribution in [3.8, 4) is 5.75 Å². The molecule has 0 spiro atoms. The standard InChI is InChI=1S/C19H24N2O4S.ClH/c1-25-17-8-7-14-5-3-4-6-15(14)16(17)13-21-18(22)19(26(2,23)24)9-11-20-12-10-19;/h3-8,20H,9-13H2,1-2H3,(H,21,22);1H. The Morgan fingerprint density at radius 2 is 1.85 bits per heavy atom. The van der Waals surface area contributed by atoms with Crippen LogP contribution in [0.4, 0.5) is 0 Å². The lowest BCUT2D eigenvalue weighted by atomic mass is 9.95. The van der Waals surface area contributed by atoms with Gasteiger partial charge in [-0.3, -0.25) is 4.79 Å². The zero-order valence-electron chi connectivity index (χ0n) is 15.4. The lowest BCUT2D eigenvalue weighted by Gasteiger charge is -2.34. The summed E-state index contributed by atoms with van der Waals surface area (Å²) in [6.07, 6.45) is 1.71. The molecule has 6 nitrogen and oxygen atoms in total. The van der Waals surface area contributed by atoms with E-state index in [1.54, 1.807) is 7.11 Å². The maximum Gasteiger partial charge on any atom is 0.241 e. The molecule has 1 saturated heterocycles. The average molecular weight is 413 g/mol. The zero-order chi connectivity index (χ0) is 18.8. The molecule has 2 aromatic rings. The predicted molar refractivity (Wildman–Crippen MR) is 109 cm³/mol. The highest BCUT2D eigenvalue weighted by Crippen LogP contribution is 2.30. The highest BCUT2D eigenvalue weighted by atomic mass is 35.5. The number of piperidine rings is 1. The molecule has 0 bridgehead atoms. The van der Waals surface area contributed by atoms with Gasteiger partial charge in [-0.15, -0.1) is 12.4 Å². The van der Waals surface area contributed by atoms with Crippen molar-refractivity contribution >= 4 is 38.9 Å². The van der Waals surface area contributed by atoms with Gasteiger partial charge >= 0.3 is 0 Å². The van der Waals surface area contributed by atoms with E-state index in [-0.39, 0.29) is 31.8 Å². The third-order valence-corrected chi connectivity index (χ3v) is 7.19. The van der Waals surface area contributed by atoms with Crippen LogP contribution >= 0.6 is 12.4 Å². The second kappa shape index (κ2) is 8.46. The molecule has 27 heavy (non-hydrogen) atoms. The molecule has 148 valence electrons. The van der Waals surface area contributed by atoms with Crippen LogP contribution in [-0.4, -0.2) is 45.5 Å². The second-order valence-corrected chi connectivity index (χ2v) is 8.99. The van der Waals surface area contributed by atoms with Gasteiger partial charge in [0.25, 0.3) is 0 Å². The number of carbonyl (C=O) groups is 1. The number of hydrogen-bond donors (Lipinski definition) is 2. The van der Waals surface area contributed by atoms with E-state index in [0.29, 0.717) is 18.8 Å². The van der Waals surface area contributed by atoms with E-state index in [1.807, 2.05) is 36.4 Å². The first-order chi connectivity index (χ1) is 12.4. The van der Waals surface area contributed by atoms with Gasteiger partial charge in [0.05, 0.1) is 7.11 Å². The Hall–Kier alpha value is -1.83. The van der Waals surface area contributed by atoms with Crippen LogP contribution in [0.15, 0.2) is 36.4 Å². The highest BCUT2D eigenvalue weighted by Gasteiger charge is 2.48. The molecule has 1 aliphatic heterocycles. The van der Waals surface area contributed by atoms with Gasteiger partial charge in [-0.2, -0.15) is 0 Å². The van der Waals surface area contributed by atoms with E-state index in [4.69, 9.17) is 4.74 Å². The quantitative estimate of drug-likeness (QED) is 0.785. The van der Waals surface area contributed by atoms with Crippen molar-refractivity contribution in [2.24, 2.45) is 0 Å². The fraction of sp³-hybridized carbons (Fsp3) is 0.421. The second-order valence-electron chi connectivity index (χ2n) is 6.67. The number of halogens is 1. The Labute approximate surface area is 166 Å². The lowest BCUT2D eigenvalue weighted by molar-refractivity contribution is -0.124. The molecule has 1 heterocycles. The Morgan fingerprint density at radius 3 is 2.48 bits per heavy atom. The molecule has 0 atom stereocenters. The van der Waals surface area contributed by atoms with Gasteiger partial charge in [-0.05, 0) is 42.8 Å². The molecular formula is C19H25ClN2O4S. The number of hydrogen-bond acceptors (Lipinski definition) is 5. The summed E-state index contributed by atoms with van der Waals surface area (Å²) in [4.78, 5) is 12.9. The third-order valence-electron chi connectivity index (χ3n) is 5.18. The van der Waals surface area contributed by atoms with Crippen molar-refractivity contribution in [3.63, 3.8) is 0 Å². The average Bonchev–Trinajstić information content (AvgIpc) is 2.65. The summed E-state index contributed by atoms with van der Waals surface area (Å²) in [5.74, 6) is 0.235. The van der Waals surface area contributed by atoms with Crippen LogP contribution in [-0.2, 0) is 21.2 Å². The van der Waals surface area contributed by atoms with Crippen molar-refractivity contribution in [3.05, 3.63) is 42.0 Å². The van der Waals surface area contributed by atoms with Gasteiger partial charge in [-0.25, -0.2) is 8.42 Å². The smallest absolute Gasteiger partial charge is 0.241 e. The van der Waals surface area contributed by atoms with E-state index in [9.17, 15) is 13.2 Å². The third kappa shape index (κ3) is 4.05. The molecule has 1 amide bonds. The van der Waals surface area contributed by atoms with Crippen molar-refractivity contribution in [2.45, 2.75) is 24.1 Å². The summed E-state index contributed by atoms with van der Waals surface area (Å²) in [6, 6.07) is 11.7. The SMILES string of the molecule is COc1ccc2ccccc2c1CNC(=O)C1(S(C)(=O)=O)CCNCC1.Cl. The van der Waals surface area contributed by atoms with Gasteiger partial charge in [0, 0.05) is 18.4 Å². The summed E-state index contributed by atoms with van der Waals surface area (Å²) >= 11 is 0. The highest BCUT2D eigenvalue weighted by molar-refractivity contribution is 7.92. The van der Waals surface area contributed by atoms with Crippen molar-refractivity contribution in [1.29, 1.82) is 0 Å². The molecular weight excluding hydrogens is 388 g/mol. The number of methoxy groups -OCH3 is 1. The number of nitrogens with one attached hydrogen (secondary N) is 2. The van der Waals surface area contributed by atoms with E-state index in [0.717, 1.165) is 22.6 Å². The summed E-state index contributed by atoms with van der Waals surface area (Å²) < 4.78 is 28.8. The molecule has 3 rings (SSSR count). The Kier molecular flexibility index (Phi) is 6.72. The number of rotatable bonds is 5. The number of ether oxygens (including phenoxy) is 1. The number of fused-ring (bicyclic) bond motifs is 1. The summed E-state index contributed by atoms with van der Waals surface area (Å²) in [5.41, 5.74) is 0.844.